The summed E-state index contributed by atoms with van der Waals surface area (Å²) in [5.74, 6) is 0.186. The number of hydrogen-bond donors (Lipinski definition) is 2. The zero-order valence-corrected chi connectivity index (χ0v) is 10.6. The van der Waals surface area contributed by atoms with Gasteiger partial charge in [-0.25, -0.2) is 0 Å². The molecular weight excluding hydrogens is 230 g/mol. The minimum absolute atomic E-state index is 0. The Balaban J connectivity index is 0.00000225. The number of amides is 2. The molecule has 1 aliphatic rings. The van der Waals surface area contributed by atoms with Gasteiger partial charge in [0.15, 0.2) is 0 Å². The Morgan fingerprint density at radius 2 is 2.12 bits per heavy atom. The van der Waals surface area contributed by atoms with Gasteiger partial charge in [0, 0.05) is 33.6 Å². The van der Waals surface area contributed by atoms with E-state index in [0.29, 0.717) is 13.0 Å². The average molecular weight is 250 g/mol. The van der Waals surface area contributed by atoms with Gasteiger partial charge in [-0.05, 0) is 13.0 Å². The lowest BCUT2D eigenvalue weighted by molar-refractivity contribution is -0.129. The average Bonchev–Trinajstić information content (AvgIpc) is 2.70. The standard InChI is InChI=1S/C10H19N3O2.ClH/c1-13(2)9(14)4-6-12-10(15)8-3-5-11-7-8;/h8,11H,3-7H2,1-2H3,(H,12,15);1H. The van der Waals surface area contributed by atoms with Crippen LogP contribution in [-0.2, 0) is 9.59 Å². The number of carbonyl (C=O) groups is 2. The van der Waals surface area contributed by atoms with E-state index in [1.54, 1.807) is 14.1 Å². The third-order valence-corrected chi connectivity index (χ3v) is 2.57. The molecule has 1 heterocycles. The zero-order chi connectivity index (χ0) is 11.3. The Kier molecular flexibility index (Phi) is 7.08. The van der Waals surface area contributed by atoms with Gasteiger partial charge in [-0.3, -0.25) is 9.59 Å². The molecule has 1 atom stereocenters. The fourth-order valence-electron chi connectivity index (χ4n) is 1.54. The van der Waals surface area contributed by atoms with Crippen molar-refractivity contribution in [2.45, 2.75) is 12.8 Å². The van der Waals surface area contributed by atoms with Crippen LogP contribution in [0.5, 0.6) is 0 Å². The molecule has 1 rings (SSSR count). The molecule has 94 valence electrons. The number of carbonyl (C=O) groups excluding carboxylic acids is 2. The lowest BCUT2D eigenvalue weighted by atomic mass is 10.1. The van der Waals surface area contributed by atoms with E-state index in [1.165, 1.54) is 4.90 Å². The molecule has 1 fully saturated rings. The van der Waals surface area contributed by atoms with Crippen molar-refractivity contribution in [1.29, 1.82) is 0 Å². The summed E-state index contributed by atoms with van der Waals surface area (Å²) in [6, 6.07) is 0. The van der Waals surface area contributed by atoms with Crippen LogP contribution < -0.4 is 10.6 Å². The third kappa shape index (κ3) is 4.81. The molecule has 0 spiro atoms. The van der Waals surface area contributed by atoms with E-state index in [9.17, 15) is 9.59 Å². The summed E-state index contributed by atoms with van der Waals surface area (Å²) in [6.45, 7) is 2.11. The number of rotatable bonds is 4. The summed E-state index contributed by atoms with van der Waals surface area (Å²) in [5, 5.41) is 5.92. The van der Waals surface area contributed by atoms with Gasteiger partial charge >= 0.3 is 0 Å². The Labute approximate surface area is 102 Å². The van der Waals surface area contributed by atoms with Crippen molar-refractivity contribution in [2.24, 2.45) is 5.92 Å². The van der Waals surface area contributed by atoms with Crippen molar-refractivity contribution >= 4 is 24.2 Å². The van der Waals surface area contributed by atoms with E-state index in [0.717, 1.165) is 19.5 Å². The van der Waals surface area contributed by atoms with Crippen LogP contribution in [0.15, 0.2) is 0 Å². The molecule has 0 bridgehead atoms. The SMILES string of the molecule is CN(C)C(=O)CCNC(=O)C1CCNC1.Cl. The van der Waals surface area contributed by atoms with Gasteiger partial charge in [-0.2, -0.15) is 0 Å². The van der Waals surface area contributed by atoms with E-state index < -0.39 is 0 Å². The van der Waals surface area contributed by atoms with Crippen LogP contribution in [0, 0.1) is 5.92 Å². The Morgan fingerprint density at radius 3 is 2.62 bits per heavy atom. The van der Waals surface area contributed by atoms with Crippen molar-refractivity contribution in [2.75, 3.05) is 33.7 Å². The monoisotopic (exact) mass is 249 g/mol. The highest BCUT2D eigenvalue weighted by Gasteiger charge is 2.21. The maximum absolute atomic E-state index is 11.5. The number of nitrogens with zero attached hydrogens (tertiary/aromatic N) is 1. The predicted octanol–water partition coefficient (Wildman–Crippen LogP) is -0.388. The van der Waals surface area contributed by atoms with Gasteiger partial charge in [-0.1, -0.05) is 0 Å². The third-order valence-electron chi connectivity index (χ3n) is 2.57. The van der Waals surface area contributed by atoms with Crippen molar-refractivity contribution in [3.63, 3.8) is 0 Å². The largest absolute Gasteiger partial charge is 0.355 e. The van der Waals surface area contributed by atoms with E-state index in [-0.39, 0.29) is 30.1 Å². The maximum atomic E-state index is 11.5. The van der Waals surface area contributed by atoms with Gasteiger partial charge in [0.1, 0.15) is 0 Å². The second kappa shape index (κ2) is 7.46. The normalized spacial score (nSPS) is 18.8. The first-order chi connectivity index (χ1) is 7.11. The fraction of sp³-hybridized carbons (Fsp3) is 0.800. The van der Waals surface area contributed by atoms with Crippen LogP contribution in [-0.4, -0.2) is 50.4 Å². The molecule has 0 aromatic heterocycles. The van der Waals surface area contributed by atoms with Gasteiger partial charge in [0.25, 0.3) is 0 Å². The number of hydrogen-bond acceptors (Lipinski definition) is 3. The van der Waals surface area contributed by atoms with Crippen LogP contribution in [0.4, 0.5) is 0 Å². The second-order valence-corrected chi connectivity index (χ2v) is 4.02. The van der Waals surface area contributed by atoms with Crippen LogP contribution in [0.1, 0.15) is 12.8 Å². The first-order valence-electron chi connectivity index (χ1n) is 5.30. The van der Waals surface area contributed by atoms with Crippen molar-refractivity contribution in [1.82, 2.24) is 15.5 Å². The lowest BCUT2D eigenvalue weighted by Crippen LogP contribution is -2.34. The van der Waals surface area contributed by atoms with Gasteiger partial charge in [-0.15, -0.1) is 12.4 Å². The zero-order valence-electron chi connectivity index (χ0n) is 9.78. The molecule has 1 saturated heterocycles. The lowest BCUT2D eigenvalue weighted by Gasteiger charge is -2.12. The number of nitrogens with one attached hydrogen (secondary N) is 2. The van der Waals surface area contributed by atoms with Crippen LogP contribution in [0.25, 0.3) is 0 Å². The van der Waals surface area contributed by atoms with Crippen molar-refractivity contribution in [3.8, 4) is 0 Å². The van der Waals surface area contributed by atoms with Crippen molar-refractivity contribution in [3.05, 3.63) is 0 Å². The quantitative estimate of drug-likeness (QED) is 0.714. The highest BCUT2D eigenvalue weighted by Crippen LogP contribution is 2.06. The summed E-state index contributed by atoms with van der Waals surface area (Å²) in [7, 11) is 3.43. The van der Waals surface area contributed by atoms with E-state index in [4.69, 9.17) is 0 Å². The van der Waals surface area contributed by atoms with E-state index in [2.05, 4.69) is 10.6 Å². The topological polar surface area (TPSA) is 61.4 Å². The molecule has 0 aromatic carbocycles. The van der Waals surface area contributed by atoms with Crippen molar-refractivity contribution < 1.29 is 9.59 Å². The molecule has 2 amide bonds. The molecule has 1 aliphatic heterocycles. The number of halogens is 1. The molecule has 2 N–H and O–H groups in total. The van der Waals surface area contributed by atoms with Gasteiger partial charge in [0.2, 0.25) is 11.8 Å². The summed E-state index contributed by atoms with van der Waals surface area (Å²) in [5.41, 5.74) is 0. The minimum atomic E-state index is 0. The molecule has 0 aromatic rings. The first kappa shape index (κ1) is 15.2. The smallest absolute Gasteiger partial charge is 0.224 e. The maximum Gasteiger partial charge on any atom is 0.224 e. The van der Waals surface area contributed by atoms with Crippen LogP contribution in [0.2, 0.25) is 0 Å². The summed E-state index contributed by atoms with van der Waals surface area (Å²) in [4.78, 5) is 24.3. The fourth-order valence-corrected chi connectivity index (χ4v) is 1.54. The van der Waals surface area contributed by atoms with Gasteiger partial charge in [0.05, 0.1) is 5.92 Å². The first-order valence-corrected chi connectivity index (χ1v) is 5.30. The Hall–Kier alpha value is -0.810. The molecule has 5 nitrogen and oxygen atoms in total. The summed E-state index contributed by atoms with van der Waals surface area (Å²) in [6.07, 6.45) is 1.27. The highest BCUT2D eigenvalue weighted by atomic mass is 35.5. The Morgan fingerprint density at radius 1 is 1.44 bits per heavy atom. The van der Waals surface area contributed by atoms with Gasteiger partial charge < -0.3 is 15.5 Å². The Bertz CT molecular complexity index is 240. The molecule has 0 saturated carbocycles. The molecule has 6 heteroatoms. The predicted molar refractivity (Wildman–Crippen MR) is 64.5 cm³/mol. The van der Waals surface area contributed by atoms with E-state index in [1.807, 2.05) is 0 Å². The minimum Gasteiger partial charge on any atom is -0.355 e. The second-order valence-electron chi connectivity index (χ2n) is 4.02. The summed E-state index contributed by atoms with van der Waals surface area (Å²) >= 11 is 0. The van der Waals surface area contributed by atoms with Crippen LogP contribution >= 0.6 is 12.4 Å². The van der Waals surface area contributed by atoms with Crippen LogP contribution in [0.3, 0.4) is 0 Å². The van der Waals surface area contributed by atoms with E-state index >= 15 is 0 Å². The molecule has 0 radical (unpaired) electrons. The molecule has 0 aliphatic carbocycles. The molecule has 1 unspecified atom stereocenters. The molecule has 16 heavy (non-hydrogen) atoms. The summed E-state index contributed by atoms with van der Waals surface area (Å²) < 4.78 is 0. The highest BCUT2D eigenvalue weighted by molar-refractivity contribution is 5.85. The molecular formula is C10H20ClN3O2.